The summed E-state index contributed by atoms with van der Waals surface area (Å²) in [6.07, 6.45) is 1.16. The van der Waals surface area contributed by atoms with Gasteiger partial charge in [0.15, 0.2) is 0 Å². The Morgan fingerprint density at radius 3 is 2.79 bits per heavy atom. The quantitative estimate of drug-likeness (QED) is 0.723. The van der Waals surface area contributed by atoms with Crippen LogP contribution in [-0.2, 0) is 0 Å². The van der Waals surface area contributed by atoms with Gasteiger partial charge in [0.05, 0.1) is 0 Å². The lowest BCUT2D eigenvalue weighted by Crippen LogP contribution is -2.21. The molecular formula is C12H16FN. The van der Waals surface area contributed by atoms with Gasteiger partial charge in [-0.05, 0) is 44.0 Å². The molecule has 76 valence electrons. The predicted molar refractivity (Wildman–Crippen MR) is 56.0 cm³/mol. The molecule has 0 saturated carbocycles. The van der Waals surface area contributed by atoms with Crippen molar-refractivity contribution in [3.63, 3.8) is 0 Å². The molecule has 1 fully saturated rings. The molecule has 2 heteroatoms. The van der Waals surface area contributed by atoms with E-state index in [9.17, 15) is 4.39 Å². The molecule has 2 atom stereocenters. The van der Waals surface area contributed by atoms with Crippen LogP contribution in [0.3, 0.4) is 0 Å². The first kappa shape index (κ1) is 9.66. The molecule has 1 aliphatic rings. The Morgan fingerprint density at radius 1 is 1.43 bits per heavy atom. The molecule has 1 aromatic carbocycles. The van der Waals surface area contributed by atoms with Crippen LogP contribution in [0.4, 0.5) is 4.39 Å². The lowest BCUT2D eigenvalue weighted by Gasteiger charge is -2.15. The highest BCUT2D eigenvalue weighted by Crippen LogP contribution is 2.28. The van der Waals surface area contributed by atoms with Gasteiger partial charge in [-0.15, -0.1) is 0 Å². The summed E-state index contributed by atoms with van der Waals surface area (Å²) in [6.45, 7) is 5.09. The second-order valence-corrected chi connectivity index (χ2v) is 4.15. The van der Waals surface area contributed by atoms with Crippen LogP contribution >= 0.6 is 0 Å². The molecule has 0 aromatic heterocycles. The zero-order chi connectivity index (χ0) is 10.1. The van der Waals surface area contributed by atoms with E-state index in [0.717, 1.165) is 18.5 Å². The Hall–Kier alpha value is -0.890. The molecule has 2 unspecified atom stereocenters. The van der Waals surface area contributed by atoms with Crippen molar-refractivity contribution < 1.29 is 4.39 Å². The van der Waals surface area contributed by atoms with Crippen molar-refractivity contribution >= 4 is 0 Å². The van der Waals surface area contributed by atoms with E-state index in [1.54, 1.807) is 6.07 Å². The van der Waals surface area contributed by atoms with E-state index < -0.39 is 0 Å². The highest BCUT2D eigenvalue weighted by atomic mass is 19.1. The Labute approximate surface area is 84.3 Å². The molecule has 0 bridgehead atoms. The van der Waals surface area contributed by atoms with E-state index >= 15 is 0 Å². The first-order chi connectivity index (χ1) is 6.68. The molecule has 1 heterocycles. The van der Waals surface area contributed by atoms with Crippen LogP contribution in [0.2, 0.25) is 0 Å². The van der Waals surface area contributed by atoms with E-state index in [0.29, 0.717) is 12.0 Å². The monoisotopic (exact) mass is 193 g/mol. The summed E-state index contributed by atoms with van der Waals surface area (Å²) in [7, 11) is 0. The van der Waals surface area contributed by atoms with Crippen molar-refractivity contribution in [2.75, 3.05) is 6.54 Å². The average Bonchev–Trinajstić information content (AvgIpc) is 2.57. The minimum Gasteiger partial charge on any atom is -0.314 e. The van der Waals surface area contributed by atoms with Crippen LogP contribution in [0.25, 0.3) is 0 Å². The normalized spacial score (nSPS) is 26.8. The van der Waals surface area contributed by atoms with Gasteiger partial charge in [-0.1, -0.05) is 12.1 Å². The van der Waals surface area contributed by atoms with Crippen LogP contribution in [-0.4, -0.2) is 12.6 Å². The van der Waals surface area contributed by atoms with E-state index in [4.69, 9.17) is 0 Å². The summed E-state index contributed by atoms with van der Waals surface area (Å²) in [6, 6.07) is 5.98. The van der Waals surface area contributed by atoms with Gasteiger partial charge in [-0.3, -0.25) is 0 Å². The van der Waals surface area contributed by atoms with E-state index in [-0.39, 0.29) is 5.82 Å². The summed E-state index contributed by atoms with van der Waals surface area (Å²) in [5, 5.41) is 3.41. The molecule has 14 heavy (non-hydrogen) atoms. The fraction of sp³-hybridized carbons (Fsp3) is 0.500. The predicted octanol–water partition coefficient (Wildman–Crippen LogP) is 2.60. The molecule has 0 aliphatic carbocycles. The van der Waals surface area contributed by atoms with Gasteiger partial charge in [0, 0.05) is 12.0 Å². The number of halogens is 1. The molecular weight excluding hydrogens is 177 g/mol. The molecule has 1 N–H and O–H groups in total. The van der Waals surface area contributed by atoms with E-state index in [2.05, 4.69) is 12.2 Å². The van der Waals surface area contributed by atoms with Gasteiger partial charge in [0.2, 0.25) is 0 Å². The van der Waals surface area contributed by atoms with Gasteiger partial charge in [0.25, 0.3) is 0 Å². The minimum absolute atomic E-state index is 0.104. The molecule has 1 aromatic rings. The maximum absolute atomic E-state index is 13.1. The lowest BCUT2D eigenvalue weighted by atomic mass is 9.92. The van der Waals surface area contributed by atoms with Crippen LogP contribution in [0, 0.1) is 12.7 Å². The van der Waals surface area contributed by atoms with Gasteiger partial charge in [-0.25, -0.2) is 4.39 Å². The number of hydrogen-bond acceptors (Lipinski definition) is 1. The Morgan fingerprint density at radius 2 is 2.21 bits per heavy atom. The van der Waals surface area contributed by atoms with Gasteiger partial charge in [-0.2, -0.15) is 0 Å². The van der Waals surface area contributed by atoms with Crippen LogP contribution < -0.4 is 5.32 Å². The highest BCUT2D eigenvalue weighted by Gasteiger charge is 2.24. The van der Waals surface area contributed by atoms with Gasteiger partial charge < -0.3 is 5.32 Å². The van der Waals surface area contributed by atoms with Crippen molar-refractivity contribution in [1.29, 1.82) is 0 Å². The van der Waals surface area contributed by atoms with Crippen molar-refractivity contribution in [1.82, 2.24) is 5.32 Å². The smallest absolute Gasteiger partial charge is 0.126 e. The van der Waals surface area contributed by atoms with Crippen molar-refractivity contribution in [3.8, 4) is 0 Å². The second-order valence-electron chi connectivity index (χ2n) is 4.15. The maximum Gasteiger partial charge on any atom is 0.126 e. The summed E-state index contributed by atoms with van der Waals surface area (Å²) >= 11 is 0. The summed E-state index contributed by atoms with van der Waals surface area (Å²) < 4.78 is 13.1. The lowest BCUT2D eigenvalue weighted by molar-refractivity contribution is 0.587. The molecule has 0 radical (unpaired) electrons. The molecule has 0 amide bonds. The molecule has 1 aliphatic heterocycles. The third-order valence-electron chi connectivity index (χ3n) is 3.14. The maximum atomic E-state index is 13.1. The van der Waals surface area contributed by atoms with Crippen LogP contribution in [0.5, 0.6) is 0 Å². The first-order valence-electron chi connectivity index (χ1n) is 5.18. The van der Waals surface area contributed by atoms with Crippen LogP contribution in [0.15, 0.2) is 18.2 Å². The third-order valence-corrected chi connectivity index (χ3v) is 3.14. The Kier molecular flexibility index (Phi) is 2.55. The van der Waals surface area contributed by atoms with E-state index in [1.807, 2.05) is 19.1 Å². The largest absolute Gasteiger partial charge is 0.314 e. The number of hydrogen-bond donors (Lipinski definition) is 1. The molecule has 1 saturated heterocycles. The van der Waals surface area contributed by atoms with Crippen molar-refractivity contribution in [3.05, 3.63) is 35.1 Å². The van der Waals surface area contributed by atoms with Crippen LogP contribution in [0.1, 0.15) is 30.4 Å². The number of nitrogens with one attached hydrogen (secondary N) is 1. The fourth-order valence-corrected chi connectivity index (χ4v) is 2.21. The molecule has 0 spiro atoms. The summed E-state index contributed by atoms with van der Waals surface area (Å²) in [5.41, 5.74) is 2.02. The van der Waals surface area contributed by atoms with Gasteiger partial charge in [0.1, 0.15) is 5.82 Å². The zero-order valence-corrected chi connectivity index (χ0v) is 8.68. The highest BCUT2D eigenvalue weighted by molar-refractivity contribution is 5.28. The standard InChI is InChI=1S/C12H16FN/c1-8-7-10(3-4-12(8)13)11-5-6-14-9(11)2/h3-4,7,9,11,14H,5-6H2,1-2H3. The van der Waals surface area contributed by atoms with Crippen molar-refractivity contribution in [2.24, 2.45) is 0 Å². The second kappa shape index (κ2) is 3.70. The molecule has 1 nitrogen and oxygen atoms in total. The van der Waals surface area contributed by atoms with Gasteiger partial charge >= 0.3 is 0 Å². The SMILES string of the molecule is Cc1cc(C2CCNC2C)ccc1F. The summed E-state index contributed by atoms with van der Waals surface area (Å²) in [4.78, 5) is 0. The first-order valence-corrected chi connectivity index (χ1v) is 5.18. The average molecular weight is 193 g/mol. The minimum atomic E-state index is -0.104. The Balaban J connectivity index is 2.28. The third kappa shape index (κ3) is 1.67. The molecule has 2 rings (SSSR count). The fourth-order valence-electron chi connectivity index (χ4n) is 2.21. The van der Waals surface area contributed by atoms with E-state index in [1.165, 1.54) is 5.56 Å². The number of benzene rings is 1. The zero-order valence-electron chi connectivity index (χ0n) is 8.68. The summed E-state index contributed by atoms with van der Waals surface area (Å²) in [5.74, 6) is 0.446. The van der Waals surface area contributed by atoms with Crippen molar-refractivity contribution in [2.45, 2.75) is 32.2 Å². The Bertz CT molecular complexity index is 335. The number of rotatable bonds is 1. The number of aryl methyl sites for hydroxylation is 1. The topological polar surface area (TPSA) is 12.0 Å².